The van der Waals surface area contributed by atoms with Crippen molar-refractivity contribution in [2.45, 2.75) is 58.5 Å². The van der Waals surface area contributed by atoms with Crippen LogP contribution in [0.3, 0.4) is 0 Å². The SMILES string of the molecule is CCCCc1ccc(NC(=O)C(C)Oc2ccc(C(C)(C)c3ccccc3)cc2)cc1. The number of unbranched alkanes of at least 4 members (excludes halogenated alkanes) is 1. The molecule has 3 heteroatoms. The van der Waals surface area contributed by atoms with Gasteiger partial charge in [0, 0.05) is 11.1 Å². The lowest BCUT2D eigenvalue weighted by Crippen LogP contribution is -2.30. The Morgan fingerprint density at radius 1 is 0.903 bits per heavy atom. The van der Waals surface area contributed by atoms with Crippen LogP contribution in [0.25, 0.3) is 0 Å². The van der Waals surface area contributed by atoms with Gasteiger partial charge in [-0.25, -0.2) is 0 Å². The van der Waals surface area contributed by atoms with Gasteiger partial charge in [0.15, 0.2) is 6.10 Å². The molecular formula is C28H33NO2. The molecule has 3 rings (SSSR count). The number of amides is 1. The van der Waals surface area contributed by atoms with E-state index in [1.807, 2.05) is 30.3 Å². The van der Waals surface area contributed by atoms with Crippen LogP contribution in [0.5, 0.6) is 5.75 Å². The van der Waals surface area contributed by atoms with Gasteiger partial charge in [-0.2, -0.15) is 0 Å². The second kappa shape index (κ2) is 10.3. The fourth-order valence-electron chi connectivity index (χ4n) is 3.61. The lowest BCUT2D eigenvalue weighted by molar-refractivity contribution is -0.122. The minimum Gasteiger partial charge on any atom is -0.481 e. The number of carbonyl (C=O) groups is 1. The molecule has 0 saturated carbocycles. The summed E-state index contributed by atoms with van der Waals surface area (Å²) in [5, 5.41) is 2.94. The van der Waals surface area contributed by atoms with Crippen molar-refractivity contribution < 1.29 is 9.53 Å². The van der Waals surface area contributed by atoms with Crippen LogP contribution in [0.4, 0.5) is 5.69 Å². The molecule has 0 bridgehead atoms. The summed E-state index contributed by atoms with van der Waals surface area (Å²) >= 11 is 0. The fourth-order valence-corrected chi connectivity index (χ4v) is 3.61. The van der Waals surface area contributed by atoms with E-state index >= 15 is 0 Å². The van der Waals surface area contributed by atoms with Crippen LogP contribution >= 0.6 is 0 Å². The topological polar surface area (TPSA) is 38.3 Å². The normalized spacial score (nSPS) is 12.3. The van der Waals surface area contributed by atoms with Gasteiger partial charge >= 0.3 is 0 Å². The second-order valence-electron chi connectivity index (χ2n) is 8.57. The van der Waals surface area contributed by atoms with E-state index in [0.29, 0.717) is 5.75 Å². The first kappa shape index (κ1) is 22.6. The van der Waals surface area contributed by atoms with Gasteiger partial charge in [-0.3, -0.25) is 4.79 Å². The minimum absolute atomic E-state index is 0.105. The Kier molecular flexibility index (Phi) is 7.51. The third kappa shape index (κ3) is 5.97. The number of ether oxygens (including phenoxy) is 1. The standard InChI is InChI=1S/C28H33NO2/c1-5-6-10-22-13-17-25(18-14-22)29-27(30)21(2)31-26-19-15-24(16-20-26)28(3,4)23-11-8-7-9-12-23/h7-9,11-21H,5-6,10H2,1-4H3,(H,29,30). The molecule has 3 aromatic carbocycles. The van der Waals surface area contributed by atoms with Gasteiger partial charge in [0.2, 0.25) is 0 Å². The van der Waals surface area contributed by atoms with Crippen LogP contribution in [-0.2, 0) is 16.6 Å². The van der Waals surface area contributed by atoms with Crippen molar-refractivity contribution >= 4 is 11.6 Å². The van der Waals surface area contributed by atoms with Gasteiger partial charge < -0.3 is 10.1 Å². The van der Waals surface area contributed by atoms with Gasteiger partial charge in [0.05, 0.1) is 0 Å². The summed E-state index contributed by atoms with van der Waals surface area (Å²) in [6.45, 7) is 8.38. The quantitative estimate of drug-likeness (QED) is 0.419. The van der Waals surface area contributed by atoms with E-state index in [2.05, 4.69) is 74.6 Å². The van der Waals surface area contributed by atoms with Crippen LogP contribution in [0, 0.1) is 0 Å². The van der Waals surface area contributed by atoms with E-state index in [-0.39, 0.29) is 11.3 Å². The first-order valence-corrected chi connectivity index (χ1v) is 11.1. The Balaban J connectivity index is 1.58. The van der Waals surface area contributed by atoms with E-state index in [1.165, 1.54) is 29.5 Å². The van der Waals surface area contributed by atoms with Crippen molar-refractivity contribution in [2.75, 3.05) is 5.32 Å². The molecule has 1 atom stereocenters. The molecule has 0 spiro atoms. The van der Waals surface area contributed by atoms with Gasteiger partial charge in [-0.05, 0) is 60.7 Å². The Morgan fingerprint density at radius 2 is 1.52 bits per heavy atom. The summed E-state index contributed by atoms with van der Waals surface area (Å²) in [7, 11) is 0. The number of rotatable bonds is 9. The van der Waals surface area contributed by atoms with E-state index < -0.39 is 6.10 Å². The van der Waals surface area contributed by atoms with E-state index in [1.54, 1.807) is 6.92 Å². The molecule has 0 aliphatic rings. The molecule has 0 saturated heterocycles. The van der Waals surface area contributed by atoms with Gasteiger partial charge in [0.25, 0.3) is 5.91 Å². The smallest absolute Gasteiger partial charge is 0.265 e. The minimum atomic E-state index is -0.590. The highest BCUT2D eigenvalue weighted by Crippen LogP contribution is 2.32. The summed E-state index contributed by atoms with van der Waals surface area (Å²) in [6.07, 6.45) is 2.84. The molecule has 0 fully saturated rings. The molecule has 3 nitrogen and oxygen atoms in total. The van der Waals surface area contributed by atoms with Crippen molar-refractivity contribution in [1.29, 1.82) is 0 Å². The Morgan fingerprint density at radius 3 is 2.13 bits per heavy atom. The lowest BCUT2D eigenvalue weighted by Gasteiger charge is -2.26. The molecule has 0 heterocycles. The molecule has 1 amide bonds. The van der Waals surface area contributed by atoms with Gasteiger partial charge in [-0.15, -0.1) is 0 Å². The number of aryl methyl sites for hydroxylation is 1. The van der Waals surface area contributed by atoms with Gasteiger partial charge in [0.1, 0.15) is 5.75 Å². The van der Waals surface area contributed by atoms with E-state index in [9.17, 15) is 4.79 Å². The Hall–Kier alpha value is -3.07. The van der Waals surface area contributed by atoms with Gasteiger partial charge in [-0.1, -0.05) is 81.8 Å². The zero-order valence-corrected chi connectivity index (χ0v) is 19.0. The molecule has 1 unspecified atom stereocenters. The van der Waals surface area contributed by atoms with Crippen LogP contribution < -0.4 is 10.1 Å². The number of benzene rings is 3. The van der Waals surface area contributed by atoms with Crippen molar-refractivity contribution in [3.8, 4) is 5.75 Å². The Bertz CT molecular complexity index is 960. The maximum Gasteiger partial charge on any atom is 0.265 e. The molecule has 1 N–H and O–H groups in total. The zero-order chi connectivity index (χ0) is 22.3. The van der Waals surface area contributed by atoms with Crippen LogP contribution in [-0.4, -0.2) is 12.0 Å². The first-order valence-electron chi connectivity index (χ1n) is 11.1. The van der Waals surface area contributed by atoms with Crippen molar-refractivity contribution in [3.05, 3.63) is 95.6 Å². The molecule has 0 aliphatic heterocycles. The maximum absolute atomic E-state index is 12.5. The van der Waals surface area contributed by atoms with Crippen molar-refractivity contribution in [2.24, 2.45) is 0 Å². The van der Waals surface area contributed by atoms with Crippen molar-refractivity contribution in [1.82, 2.24) is 0 Å². The molecule has 3 aromatic rings. The highest BCUT2D eigenvalue weighted by atomic mass is 16.5. The number of hydrogen-bond donors (Lipinski definition) is 1. The molecule has 0 aliphatic carbocycles. The molecular weight excluding hydrogens is 382 g/mol. The second-order valence-corrected chi connectivity index (χ2v) is 8.57. The number of nitrogens with one attached hydrogen (secondary N) is 1. The summed E-state index contributed by atoms with van der Waals surface area (Å²) in [4.78, 5) is 12.5. The maximum atomic E-state index is 12.5. The predicted octanol–water partition coefficient (Wildman–Crippen LogP) is 6.76. The predicted molar refractivity (Wildman–Crippen MR) is 129 cm³/mol. The van der Waals surface area contributed by atoms with Crippen molar-refractivity contribution in [3.63, 3.8) is 0 Å². The average Bonchev–Trinajstić information content (AvgIpc) is 2.79. The van der Waals surface area contributed by atoms with Crippen LogP contribution in [0.2, 0.25) is 0 Å². The summed E-state index contributed by atoms with van der Waals surface area (Å²) in [6, 6.07) is 26.5. The fraction of sp³-hybridized carbons (Fsp3) is 0.321. The van der Waals surface area contributed by atoms with E-state index in [4.69, 9.17) is 4.74 Å². The molecule has 0 aromatic heterocycles. The lowest BCUT2D eigenvalue weighted by atomic mass is 9.78. The van der Waals surface area contributed by atoms with Crippen LogP contribution in [0.1, 0.15) is 57.2 Å². The largest absolute Gasteiger partial charge is 0.481 e. The average molecular weight is 416 g/mol. The molecule has 0 radical (unpaired) electrons. The Labute approximate surface area is 186 Å². The molecule has 31 heavy (non-hydrogen) atoms. The number of anilines is 1. The highest BCUT2D eigenvalue weighted by Gasteiger charge is 2.23. The number of hydrogen-bond acceptors (Lipinski definition) is 2. The first-order chi connectivity index (χ1) is 14.9. The third-order valence-corrected chi connectivity index (χ3v) is 5.79. The summed E-state index contributed by atoms with van der Waals surface area (Å²) in [5.74, 6) is 0.528. The summed E-state index contributed by atoms with van der Waals surface area (Å²) in [5.41, 5.74) is 4.44. The monoisotopic (exact) mass is 415 g/mol. The van der Waals surface area contributed by atoms with Crippen LogP contribution in [0.15, 0.2) is 78.9 Å². The summed E-state index contributed by atoms with van der Waals surface area (Å²) < 4.78 is 5.89. The zero-order valence-electron chi connectivity index (χ0n) is 19.0. The van der Waals surface area contributed by atoms with E-state index in [0.717, 1.165) is 12.1 Å². The third-order valence-electron chi connectivity index (χ3n) is 5.79. The number of carbonyl (C=O) groups excluding carboxylic acids is 1. The highest BCUT2D eigenvalue weighted by molar-refractivity contribution is 5.94. The molecule has 162 valence electrons.